The number of carbonyl (C=O) groups excluding carboxylic acids is 1. The Labute approximate surface area is 181 Å². The molecule has 0 fully saturated rings. The summed E-state index contributed by atoms with van der Waals surface area (Å²) in [7, 11) is 4.58. The van der Waals surface area contributed by atoms with Crippen LogP contribution in [0.15, 0.2) is 40.9 Å². The highest BCUT2D eigenvalue weighted by molar-refractivity contribution is 7.84. The number of rotatable bonds is 5. The average Bonchev–Trinajstić information content (AvgIpc) is 2.73. The minimum Gasteiger partial charge on any atom is -0.493 e. The Balaban J connectivity index is 2.25. The minimum absolute atomic E-state index is 0.0537. The molecule has 2 aromatic carbocycles. The molecule has 0 saturated heterocycles. The number of nitrogens with zero attached hydrogens (tertiary/aromatic N) is 2. The molecule has 0 spiro atoms. The minimum atomic E-state index is -0.641. The summed E-state index contributed by atoms with van der Waals surface area (Å²) in [6, 6.07) is 11.4. The second-order valence-electron chi connectivity index (χ2n) is 6.81. The van der Waals surface area contributed by atoms with Crippen LogP contribution in [0.2, 0.25) is 0 Å². The van der Waals surface area contributed by atoms with Crippen molar-refractivity contribution in [2.24, 2.45) is 0 Å². The van der Waals surface area contributed by atoms with Gasteiger partial charge in [0, 0.05) is 11.3 Å². The van der Waals surface area contributed by atoms with Gasteiger partial charge in [-0.15, -0.1) is 12.6 Å². The summed E-state index contributed by atoms with van der Waals surface area (Å²) in [5.41, 5.74) is 3.53. The van der Waals surface area contributed by atoms with Gasteiger partial charge in [-0.2, -0.15) is 5.26 Å². The van der Waals surface area contributed by atoms with Crippen molar-refractivity contribution in [2.75, 3.05) is 26.2 Å². The highest BCUT2D eigenvalue weighted by Crippen LogP contribution is 2.43. The SMILES string of the molecule is COc1cc(C2NC(=O)C(C#N)=C(S)N2c2ccc(C)cc2C)cc(OC)c1OC. The quantitative estimate of drug-likeness (QED) is 0.712. The second kappa shape index (κ2) is 8.59. The fraction of sp³-hybridized carbons (Fsp3) is 0.273. The van der Waals surface area contributed by atoms with Crippen LogP contribution < -0.4 is 24.4 Å². The Bertz CT molecular complexity index is 1050. The molecule has 2 aromatic rings. The summed E-state index contributed by atoms with van der Waals surface area (Å²) in [5.74, 6) is 0.862. The first-order valence-corrected chi connectivity index (χ1v) is 9.61. The van der Waals surface area contributed by atoms with Gasteiger partial charge >= 0.3 is 0 Å². The lowest BCUT2D eigenvalue weighted by Gasteiger charge is -2.39. The van der Waals surface area contributed by atoms with E-state index in [2.05, 4.69) is 17.9 Å². The first-order valence-electron chi connectivity index (χ1n) is 9.16. The molecule has 8 heteroatoms. The Morgan fingerprint density at radius 2 is 1.70 bits per heavy atom. The molecule has 7 nitrogen and oxygen atoms in total. The van der Waals surface area contributed by atoms with Gasteiger partial charge in [0.1, 0.15) is 17.8 Å². The van der Waals surface area contributed by atoms with E-state index < -0.39 is 12.1 Å². The number of aryl methyl sites for hydroxylation is 2. The molecule has 1 N–H and O–H groups in total. The van der Waals surface area contributed by atoms with Gasteiger partial charge in [0.25, 0.3) is 5.91 Å². The third kappa shape index (κ3) is 3.64. The van der Waals surface area contributed by atoms with Crippen LogP contribution in [-0.4, -0.2) is 27.2 Å². The number of benzene rings is 2. The predicted molar refractivity (Wildman–Crippen MR) is 117 cm³/mol. The maximum Gasteiger partial charge on any atom is 0.266 e. The van der Waals surface area contributed by atoms with Crippen molar-refractivity contribution >= 4 is 24.2 Å². The topological polar surface area (TPSA) is 83.8 Å². The maximum atomic E-state index is 12.6. The highest BCUT2D eigenvalue weighted by Gasteiger charge is 2.35. The van der Waals surface area contributed by atoms with Crippen LogP contribution in [0, 0.1) is 25.2 Å². The van der Waals surface area contributed by atoms with Crippen molar-refractivity contribution in [1.82, 2.24) is 5.32 Å². The average molecular weight is 426 g/mol. The van der Waals surface area contributed by atoms with Gasteiger partial charge in [-0.25, -0.2) is 0 Å². The van der Waals surface area contributed by atoms with E-state index in [4.69, 9.17) is 14.2 Å². The van der Waals surface area contributed by atoms with Crippen LogP contribution in [0.3, 0.4) is 0 Å². The van der Waals surface area contributed by atoms with E-state index in [1.165, 1.54) is 21.3 Å². The summed E-state index contributed by atoms with van der Waals surface area (Å²) >= 11 is 4.56. The normalized spacial score (nSPS) is 16.1. The lowest BCUT2D eigenvalue weighted by atomic mass is 10.0. The predicted octanol–water partition coefficient (Wildman–Crippen LogP) is 3.63. The van der Waals surface area contributed by atoms with E-state index in [9.17, 15) is 10.1 Å². The Hall–Kier alpha value is -3.31. The molecule has 1 aliphatic heterocycles. The maximum absolute atomic E-state index is 12.6. The van der Waals surface area contributed by atoms with Crippen molar-refractivity contribution in [3.63, 3.8) is 0 Å². The van der Waals surface area contributed by atoms with Crippen molar-refractivity contribution < 1.29 is 19.0 Å². The molecule has 0 radical (unpaired) electrons. The molecular formula is C22H23N3O4S. The smallest absolute Gasteiger partial charge is 0.266 e. The molecule has 3 rings (SSSR count). The molecule has 1 atom stereocenters. The van der Waals surface area contributed by atoms with Crippen LogP contribution in [0.1, 0.15) is 22.9 Å². The summed E-state index contributed by atoms with van der Waals surface area (Å²) < 4.78 is 16.3. The third-order valence-corrected chi connectivity index (χ3v) is 5.37. The molecule has 0 aromatic heterocycles. The van der Waals surface area contributed by atoms with Crippen molar-refractivity contribution in [3.8, 4) is 23.3 Å². The summed E-state index contributed by atoms with van der Waals surface area (Å²) in [4.78, 5) is 14.4. The third-order valence-electron chi connectivity index (χ3n) is 4.93. The lowest BCUT2D eigenvalue weighted by molar-refractivity contribution is -0.118. The number of thiol groups is 1. The Morgan fingerprint density at radius 1 is 1.07 bits per heavy atom. The summed E-state index contributed by atoms with van der Waals surface area (Å²) in [5, 5.41) is 12.7. The zero-order chi connectivity index (χ0) is 22.0. The highest BCUT2D eigenvalue weighted by atomic mass is 32.1. The van der Waals surface area contributed by atoms with Crippen molar-refractivity contribution in [1.29, 1.82) is 5.26 Å². The van der Waals surface area contributed by atoms with Crippen molar-refractivity contribution in [3.05, 3.63) is 57.6 Å². The number of ether oxygens (including phenoxy) is 3. The van der Waals surface area contributed by atoms with Gasteiger partial charge in [0.2, 0.25) is 5.75 Å². The number of amides is 1. The molecule has 0 saturated carbocycles. The first-order chi connectivity index (χ1) is 14.4. The number of hydrogen-bond donors (Lipinski definition) is 2. The van der Waals surface area contributed by atoms with Gasteiger partial charge in [-0.1, -0.05) is 17.7 Å². The number of methoxy groups -OCH3 is 3. The molecule has 0 bridgehead atoms. The summed E-state index contributed by atoms with van der Waals surface area (Å²) in [6.07, 6.45) is -0.641. The van der Waals surface area contributed by atoms with Crippen LogP contribution in [-0.2, 0) is 4.79 Å². The van der Waals surface area contributed by atoms with Gasteiger partial charge in [-0.3, -0.25) is 4.79 Å². The second-order valence-corrected chi connectivity index (χ2v) is 7.23. The number of anilines is 1. The van der Waals surface area contributed by atoms with Gasteiger partial charge in [0.15, 0.2) is 11.5 Å². The molecule has 156 valence electrons. The number of hydrogen-bond acceptors (Lipinski definition) is 7. The van der Waals surface area contributed by atoms with Crippen molar-refractivity contribution in [2.45, 2.75) is 20.0 Å². The van der Waals surface area contributed by atoms with Gasteiger partial charge in [0.05, 0.1) is 26.4 Å². The van der Waals surface area contributed by atoms with Gasteiger partial charge in [-0.05, 0) is 37.6 Å². The standard InChI is InChI=1S/C22H23N3O4S/c1-12-6-7-16(13(2)8-12)25-20(24-21(26)15(11-23)22(25)30)14-9-17(27-3)19(29-5)18(10-14)28-4/h6-10,20,30H,1-5H3,(H,24,26). The Kier molecular flexibility index (Phi) is 6.13. The summed E-state index contributed by atoms with van der Waals surface area (Å²) in [6.45, 7) is 3.97. The van der Waals surface area contributed by atoms with E-state index in [0.717, 1.165) is 16.8 Å². The molecule has 0 aliphatic carbocycles. The molecule has 30 heavy (non-hydrogen) atoms. The zero-order valence-electron chi connectivity index (χ0n) is 17.4. The Morgan fingerprint density at radius 3 is 2.20 bits per heavy atom. The zero-order valence-corrected chi connectivity index (χ0v) is 18.3. The van der Waals surface area contributed by atoms with E-state index >= 15 is 0 Å². The van der Waals surface area contributed by atoms with E-state index in [0.29, 0.717) is 22.8 Å². The number of nitriles is 1. The lowest BCUT2D eigenvalue weighted by Crippen LogP contribution is -2.46. The van der Waals surface area contributed by atoms with Crippen LogP contribution >= 0.6 is 12.6 Å². The van der Waals surface area contributed by atoms with E-state index in [-0.39, 0.29) is 10.6 Å². The molecular weight excluding hydrogens is 402 g/mol. The van der Waals surface area contributed by atoms with Crippen LogP contribution in [0.5, 0.6) is 17.2 Å². The van der Waals surface area contributed by atoms with Gasteiger partial charge < -0.3 is 24.4 Å². The largest absolute Gasteiger partial charge is 0.493 e. The molecule has 1 heterocycles. The fourth-order valence-electron chi connectivity index (χ4n) is 3.53. The first kappa shape index (κ1) is 21.4. The molecule has 1 amide bonds. The van der Waals surface area contributed by atoms with E-state index in [1.54, 1.807) is 12.1 Å². The fourth-order valence-corrected chi connectivity index (χ4v) is 3.90. The molecule has 1 aliphatic rings. The molecule has 1 unspecified atom stereocenters. The van der Waals surface area contributed by atoms with Crippen LogP contribution in [0.25, 0.3) is 0 Å². The van der Waals surface area contributed by atoms with Crippen LogP contribution in [0.4, 0.5) is 5.69 Å². The number of carbonyl (C=O) groups is 1. The number of nitrogens with one attached hydrogen (secondary N) is 1. The van der Waals surface area contributed by atoms with E-state index in [1.807, 2.05) is 43.0 Å². The monoisotopic (exact) mass is 425 g/mol.